The molecule has 4 heteroatoms. The molecule has 0 spiro atoms. The Kier molecular flexibility index (Phi) is 3.34. The molecule has 0 bridgehead atoms. The number of hydrogen-bond donors (Lipinski definition) is 0. The molecule has 4 nitrogen and oxygen atoms in total. The van der Waals surface area contributed by atoms with Gasteiger partial charge in [0.05, 0.1) is 5.56 Å². The van der Waals surface area contributed by atoms with Crippen LogP contribution in [0.3, 0.4) is 0 Å². The number of carbonyl (C=O) groups is 2. The van der Waals surface area contributed by atoms with E-state index in [1.165, 1.54) is 0 Å². The topological polar surface area (TPSA) is 52.6 Å². The molecule has 0 saturated heterocycles. The Morgan fingerprint density at radius 3 is 2.23 bits per heavy atom. The van der Waals surface area contributed by atoms with Gasteiger partial charge in [-0.25, -0.2) is 4.79 Å². The van der Waals surface area contributed by atoms with Gasteiger partial charge in [0.15, 0.2) is 5.78 Å². The molecule has 0 N–H and O–H groups in total. The van der Waals surface area contributed by atoms with Gasteiger partial charge in [-0.05, 0) is 38.0 Å². The van der Waals surface area contributed by atoms with Gasteiger partial charge < -0.3 is 0 Å². The Bertz CT molecular complexity index is 769. The molecule has 0 unspecified atom stereocenters. The Balaban J connectivity index is 2.01. The van der Waals surface area contributed by atoms with Gasteiger partial charge in [0.25, 0.3) is 0 Å². The van der Waals surface area contributed by atoms with Crippen LogP contribution < -0.4 is 0 Å². The number of benzene rings is 2. The van der Waals surface area contributed by atoms with E-state index in [0.29, 0.717) is 11.1 Å². The standard InChI is InChI=1S/C18H16O4/c1-18(2,3)22-21-17(20)14-10-6-9-12-11-7-4-5-8-13(11)16(19)15(12)14/h4-10H,1-3H3. The van der Waals surface area contributed by atoms with Crippen LogP contribution in [0.4, 0.5) is 0 Å². The normalized spacial score (nSPS) is 12.8. The first kappa shape index (κ1) is 14.5. The molecule has 2 aromatic rings. The first-order valence-electron chi connectivity index (χ1n) is 7.05. The number of carbonyl (C=O) groups excluding carboxylic acids is 2. The van der Waals surface area contributed by atoms with Crippen LogP contribution in [0.15, 0.2) is 42.5 Å². The molecule has 0 radical (unpaired) electrons. The van der Waals surface area contributed by atoms with Crippen LogP contribution in [0.5, 0.6) is 0 Å². The first-order chi connectivity index (χ1) is 10.4. The van der Waals surface area contributed by atoms with Crippen molar-refractivity contribution >= 4 is 11.8 Å². The molecule has 0 aromatic heterocycles. The van der Waals surface area contributed by atoms with Gasteiger partial charge in [-0.2, -0.15) is 4.89 Å². The van der Waals surface area contributed by atoms with E-state index in [4.69, 9.17) is 9.78 Å². The van der Waals surface area contributed by atoms with Crippen molar-refractivity contribution in [1.82, 2.24) is 0 Å². The third-order valence-electron chi connectivity index (χ3n) is 3.34. The molecular weight excluding hydrogens is 280 g/mol. The zero-order chi connectivity index (χ0) is 15.9. The Morgan fingerprint density at radius 2 is 1.55 bits per heavy atom. The lowest BCUT2D eigenvalue weighted by Crippen LogP contribution is -2.22. The van der Waals surface area contributed by atoms with Crippen molar-refractivity contribution in [3.8, 4) is 11.1 Å². The van der Waals surface area contributed by atoms with Crippen molar-refractivity contribution in [3.05, 3.63) is 59.2 Å². The second-order valence-corrected chi connectivity index (χ2v) is 6.17. The molecule has 0 aliphatic heterocycles. The average molecular weight is 296 g/mol. The van der Waals surface area contributed by atoms with Crippen molar-refractivity contribution in [2.45, 2.75) is 26.4 Å². The Labute approximate surface area is 128 Å². The van der Waals surface area contributed by atoms with E-state index in [0.717, 1.165) is 11.1 Å². The fourth-order valence-electron chi connectivity index (χ4n) is 2.45. The van der Waals surface area contributed by atoms with Crippen LogP contribution >= 0.6 is 0 Å². The minimum Gasteiger partial charge on any atom is -0.292 e. The van der Waals surface area contributed by atoms with Crippen molar-refractivity contribution in [2.24, 2.45) is 0 Å². The van der Waals surface area contributed by atoms with Gasteiger partial charge in [-0.3, -0.25) is 9.68 Å². The average Bonchev–Trinajstić information content (AvgIpc) is 2.78. The molecule has 0 heterocycles. The molecule has 0 saturated carbocycles. The van der Waals surface area contributed by atoms with Crippen molar-refractivity contribution in [2.75, 3.05) is 0 Å². The van der Waals surface area contributed by atoms with E-state index < -0.39 is 11.6 Å². The summed E-state index contributed by atoms with van der Waals surface area (Å²) in [6, 6.07) is 12.5. The minimum atomic E-state index is -0.659. The van der Waals surface area contributed by atoms with Gasteiger partial charge >= 0.3 is 5.97 Å². The molecule has 0 amide bonds. The quantitative estimate of drug-likeness (QED) is 0.533. The molecule has 112 valence electrons. The van der Waals surface area contributed by atoms with Crippen LogP contribution in [0.1, 0.15) is 47.1 Å². The van der Waals surface area contributed by atoms with Crippen molar-refractivity contribution in [3.63, 3.8) is 0 Å². The summed E-state index contributed by atoms with van der Waals surface area (Å²) in [6.07, 6.45) is 0. The SMILES string of the molecule is CC(C)(C)OOC(=O)c1cccc2c1C(=O)c1ccccc1-2. The fourth-order valence-corrected chi connectivity index (χ4v) is 2.45. The lowest BCUT2D eigenvalue weighted by atomic mass is 10.0. The molecule has 2 aromatic carbocycles. The predicted molar refractivity (Wildman–Crippen MR) is 81.6 cm³/mol. The minimum absolute atomic E-state index is 0.158. The van der Waals surface area contributed by atoms with Crippen LogP contribution in [0.2, 0.25) is 0 Å². The van der Waals surface area contributed by atoms with Gasteiger partial charge in [0.1, 0.15) is 5.60 Å². The Morgan fingerprint density at radius 1 is 0.909 bits per heavy atom. The second-order valence-electron chi connectivity index (χ2n) is 6.17. The lowest BCUT2D eigenvalue weighted by Gasteiger charge is -2.17. The van der Waals surface area contributed by atoms with E-state index in [1.54, 1.807) is 39.0 Å². The summed E-state index contributed by atoms with van der Waals surface area (Å²) in [5.74, 6) is -0.818. The molecular formula is C18H16O4. The number of rotatable bonds is 2. The van der Waals surface area contributed by atoms with E-state index >= 15 is 0 Å². The van der Waals surface area contributed by atoms with E-state index in [9.17, 15) is 9.59 Å². The summed E-state index contributed by atoms with van der Waals surface area (Å²) in [7, 11) is 0. The molecule has 22 heavy (non-hydrogen) atoms. The van der Waals surface area contributed by atoms with Crippen LogP contribution in [-0.2, 0) is 9.78 Å². The van der Waals surface area contributed by atoms with E-state index in [2.05, 4.69) is 0 Å². The number of hydrogen-bond acceptors (Lipinski definition) is 4. The second kappa shape index (κ2) is 5.07. The van der Waals surface area contributed by atoms with Gasteiger partial charge in [-0.1, -0.05) is 36.4 Å². The summed E-state index contributed by atoms with van der Waals surface area (Å²) in [6.45, 7) is 5.32. The molecule has 0 atom stereocenters. The van der Waals surface area contributed by atoms with Crippen LogP contribution in [0, 0.1) is 0 Å². The zero-order valence-corrected chi connectivity index (χ0v) is 12.7. The van der Waals surface area contributed by atoms with Gasteiger partial charge in [0, 0.05) is 11.1 Å². The maximum Gasteiger partial charge on any atom is 0.373 e. The van der Waals surface area contributed by atoms with Crippen LogP contribution in [0.25, 0.3) is 11.1 Å². The maximum atomic E-state index is 12.6. The zero-order valence-electron chi connectivity index (χ0n) is 12.7. The highest BCUT2D eigenvalue weighted by Gasteiger charge is 2.31. The molecule has 0 fully saturated rings. The third-order valence-corrected chi connectivity index (χ3v) is 3.34. The monoisotopic (exact) mass is 296 g/mol. The fraction of sp³-hybridized carbons (Fsp3) is 0.222. The van der Waals surface area contributed by atoms with Crippen LogP contribution in [-0.4, -0.2) is 17.4 Å². The highest BCUT2D eigenvalue weighted by Crippen LogP contribution is 2.38. The molecule has 1 aliphatic rings. The third kappa shape index (κ3) is 2.42. The highest BCUT2D eigenvalue weighted by molar-refractivity contribution is 6.25. The summed E-state index contributed by atoms with van der Waals surface area (Å²) in [4.78, 5) is 34.7. The highest BCUT2D eigenvalue weighted by atomic mass is 17.2. The lowest BCUT2D eigenvalue weighted by molar-refractivity contribution is -0.301. The van der Waals surface area contributed by atoms with E-state index in [-0.39, 0.29) is 11.3 Å². The summed E-state index contributed by atoms with van der Waals surface area (Å²) in [5.41, 5.74) is 2.20. The summed E-state index contributed by atoms with van der Waals surface area (Å²) >= 11 is 0. The Hall–Kier alpha value is -2.46. The van der Waals surface area contributed by atoms with Gasteiger partial charge in [-0.15, -0.1) is 0 Å². The summed E-state index contributed by atoms with van der Waals surface area (Å²) < 4.78 is 0. The number of ketones is 1. The number of fused-ring (bicyclic) bond motifs is 3. The first-order valence-corrected chi connectivity index (χ1v) is 7.05. The smallest absolute Gasteiger partial charge is 0.292 e. The predicted octanol–water partition coefficient (Wildman–Crippen LogP) is 3.78. The largest absolute Gasteiger partial charge is 0.373 e. The maximum absolute atomic E-state index is 12.6. The van der Waals surface area contributed by atoms with Crippen molar-refractivity contribution < 1.29 is 19.4 Å². The summed E-state index contributed by atoms with van der Waals surface area (Å²) in [5, 5.41) is 0. The van der Waals surface area contributed by atoms with E-state index in [1.807, 2.05) is 24.3 Å². The molecule has 3 rings (SSSR count). The molecule has 1 aliphatic carbocycles. The van der Waals surface area contributed by atoms with Gasteiger partial charge in [0.2, 0.25) is 0 Å². The van der Waals surface area contributed by atoms with Crippen molar-refractivity contribution in [1.29, 1.82) is 0 Å².